The maximum atomic E-state index is 13.3. The molecule has 126 valence electrons. The SMILES string of the molecule is O=C(O)C[C@H](NC(=O)OCc1ccccc1)c1ccc(F)c(F)c1. The molecule has 2 rings (SSSR count). The first-order valence-corrected chi connectivity index (χ1v) is 7.09. The molecule has 0 aromatic heterocycles. The van der Waals surface area contributed by atoms with Crippen LogP contribution in [0.15, 0.2) is 48.5 Å². The van der Waals surface area contributed by atoms with Crippen LogP contribution < -0.4 is 5.32 Å². The van der Waals surface area contributed by atoms with Crippen molar-refractivity contribution in [3.05, 3.63) is 71.3 Å². The fraction of sp³-hybridized carbons (Fsp3) is 0.176. The summed E-state index contributed by atoms with van der Waals surface area (Å²) in [4.78, 5) is 22.8. The van der Waals surface area contributed by atoms with E-state index in [1.54, 1.807) is 24.3 Å². The second-order valence-electron chi connectivity index (χ2n) is 5.03. The zero-order valence-corrected chi connectivity index (χ0v) is 12.5. The van der Waals surface area contributed by atoms with Gasteiger partial charge in [0, 0.05) is 0 Å². The van der Waals surface area contributed by atoms with Crippen molar-refractivity contribution >= 4 is 12.1 Å². The highest BCUT2D eigenvalue weighted by atomic mass is 19.2. The number of amides is 1. The van der Waals surface area contributed by atoms with E-state index >= 15 is 0 Å². The van der Waals surface area contributed by atoms with Crippen molar-refractivity contribution in [1.29, 1.82) is 0 Å². The normalized spacial score (nSPS) is 11.6. The predicted molar refractivity (Wildman–Crippen MR) is 81.1 cm³/mol. The largest absolute Gasteiger partial charge is 0.481 e. The van der Waals surface area contributed by atoms with Gasteiger partial charge in [-0.2, -0.15) is 0 Å². The number of halogens is 2. The van der Waals surface area contributed by atoms with Crippen LogP contribution in [0.5, 0.6) is 0 Å². The van der Waals surface area contributed by atoms with E-state index in [0.29, 0.717) is 0 Å². The van der Waals surface area contributed by atoms with Crippen LogP contribution in [0.1, 0.15) is 23.6 Å². The maximum Gasteiger partial charge on any atom is 0.407 e. The summed E-state index contributed by atoms with van der Waals surface area (Å²) in [6.07, 6.45) is -1.35. The second kappa shape index (κ2) is 8.05. The average molecular weight is 335 g/mol. The van der Waals surface area contributed by atoms with Crippen LogP contribution >= 0.6 is 0 Å². The number of carboxylic acid groups (broad SMARTS) is 1. The van der Waals surface area contributed by atoms with E-state index in [1.807, 2.05) is 6.07 Å². The zero-order chi connectivity index (χ0) is 17.5. The number of rotatable bonds is 6. The van der Waals surface area contributed by atoms with Gasteiger partial charge in [-0.3, -0.25) is 4.79 Å². The fourth-order valence-electron chi connectivity index (χ4n) is 2.06. The summed E-state index contributed by atoms with van der Waals surface area (Å²) in [5.41, 5.74) is 0.892. The molecular weight excluding hydrogens is 320 g/mol. The van der Waals surface area contributed by atoms with E-state index in [2.05, 4.69) is 5.32 Å². The van der Waals surface area contributed by atoms with Crippen molar-refractivity contribution in [3.63, 3.8) is 0 Å². The standard InChI is InChI=1S/C17H15F2NO4/c18-13-7-6-12(8-14(13)19)15(9-16(21)22)20-17(23)24-10-11-4-2-1-3-5-11/h1-8,15H,9-10H2,(H,20,23)(H,21,22)/t15-/m0/s1. The molecule has 2 N–H and O–H groups in total. The smallest absolute Gasteiger partial charge is 0.407 e. The Kier molecular flexibility index (Phi) is 5.83. The molecule has 0 aliphatic rings. The summed E-state index contributed by atoms with van der Waals surface area (Å²) in [6.45, 7) is 0.00421. The number of nitrogens with one attached hydrogen (secondary N) is 1. The summed E-state index contributed by atoms with van der Waals surface area (Å²) in [7, 11) is 0. The summed E-state index contributed by atoms with van der Waals surface area (Å²) < 4.78 is 31.3. The molecule has 0 heterocycles. The Morgan fingerprint density at radius 3 is 2.42 bits per heavy atom. The Morgan fingerprint density at radius 1 is 1.08 bits per heavy atom. The number of carbonyl (C=O) groups excluding carboxylic acids is 1. The number of hydrogen-bond acceptors (Lipinski definition) is 3. The van der Waals surface area contributed by atoms with E-state index in [4.69, 9.17) is 9.84 Å². The van der Waals surface area contributed by atoms with Gasteiger partial charge < -0.3 is 15.2 Å². The third kappa shape index (κ3) is 5.05. The highest BCUT2D eigenvalue weighted by Gasteiger charge is 2.20. The lowest BCUT2D eigenvalue weighted by molar-refractivity contribution is -0.137. The summed E-state index contributed by atoms with van der Waals surface area (Å²) in [5.74, 6) is -3.38. The third-order valence-electron chi connectivity index (χ3n) is 3.23. The Bertz CT molecular complexity index is 722. The van der Waals surface area contributed by atoms with Gasteiger partial charge in [0.1, 0.15) is 6.61 Å². The monoisotopic (exact) mass is 335 g/mol. The molecule has 0 fully saturated rings. The summed E-state index contributed by atoms with van der Waals surface area (Å²) >= 11 is 0. The van der Waals surface area contributed by atoms with Gasteiger partial charge >= 0.3 is 12.1 Å². The van der Waals surface area contributed by atoms with Gasteiger partial charge in [-0.1, -0.05) is 36.4 Å². The van der Waals surface area contributed by atoms with Crippen molar-refractivity contribution in [2.45, 2.75) is 19.1 Å². The maximum absolute atomic E-state index is 13.3. The van der Waals surface area contributed by atoms with E-state index in [9.17, 15) is 18.4 Å². The van der Waals surface area contributed by atoms with Gasteiger partial charge in [0.2, 0.25) is 0 Å². The van der Waals surface area contributed by atoms with Gasteiger partial charge in [0.25, 0.3) is 0 Å². The molecule has 0 saturated carbocycles. The van der Waals surface area contributed by atoms with Gasteiger partial charge in [-0.25, -0.2) is 13.6 Å². The third-order valence-corrected chi connectivity index (χ3v) is 3.23. The molecule has 1 amide bonds. The van der Waals surface area contributed by atoms with E-state index < -0.39 is 36.2 Å². The molecule has 2 aromatic carbocycles. The molecule has 5 nitrogen and oxygen atoms in total. The average Bonchev–Trinajstić information content (AvgIpc) is 2.55. The van der Waals surface area contributed by atoms with Crippen molar-refractivity contribution in [1.82, 2.24) is 5.32 Å². The van der Waals surface area contributed by atoms with Gasteiger partial charge in [0.05, 0.1) is 12.5 Å². The highest BCUT2D eigenvalue weighted by Crippen LogP contribution is 2.20. The first-order valence-electron chi connectivity index (χ1n) is 7.09. The van der Waals surface area contributed by atoms with Crippen molar-refractivity contribution in [2.75, 3.05) is 0 Å². The van der Waals surface area contributed by atoms with Crippen molar-refractivity contribution in [2.24, 2.45) is 0 Å². The topological polar surface area (TPSA) is 75.6 Å². The number of carbonyl (C=O) groups is 2. The highest BCUT2D eigenvalue weighted by molar-refractivity contribution is 5.72. The Morgan fingerprint density at radius 2 is 1.79 bits per heavy atom. The molecule has 0 saturated heterocycles. The van der Waals surface area contributed by atoms with Crippen LogP contribution in [0.4, 0.5) is 13.6 Å². The van der Waals surface area contributed by atoms with Crippen molar-refractivity contribution < 1.29 is 28.2 Å². The van der Waals surface area contributed by atoms with E-state index in [-0.39, 0.29) is 12.2 Å². The van der Waals surface area contributed by atoms with Crippen LogP contribution in [-0.4, -0.2) is 17.2 Å². The molecule has 0 radical (unpaired) electrons. The molecule has 24 heavy (non-hydrogen) atoms. The molecule has 0 aliphatic carbocycles. The molecule has 0 bridgehead atoms. The Labute approximate surface area is 136 Å². The number of ether oxygens (including phenoxy) is 1. The van der Waals surface area contributed by atoms with E-state index in [1.165, 1.54) is 6.07 Å². The Hall–Kier alpha value is -2.96. The molecule has 0 aliphatic heterocycles. The molecule has 2 aromatic rings. The van der Waals surface area contributed by atoms with Crippen LogP contribution in [0.3, 0.4) is 0 Å². The molecule has 0 unspecified atom stereocenters. The molecule has 1 atom stereocenters. The predicted octanol–water partition coefficient (Wildman–Crippen LogP) is 3.41. The lowest BCUT2D eigenvalue weighted by Crippen LogP contribution is -2.30. The molecule has 7 heteroatoms. The number of aliphatic carboxylic acids is 1. The summed E-state index contributed by atoms with van der Waals surface area (Å²) in [5, 5.41) is 11.3. The summed E-state index contributed by atoms with van der Waals surface area (Å²) in [6, 6.07) is 10.8. The first-order chi connectivity index (χ1) is 11.5. The quantitative estimate of drug-likeness (QED) is 0.848. The zero-order valence-electron chi connectivity index (χ0n) is 12.5. The van der Waals surface area contributed by atoms with Gasteiger partial charge in [-0.05, 0) is 23.3 Å². The van der Waals surface area contributed by atoms with Gasteiger partial charge in [-0.15, -0.1) is 0 Å². The fourth-order valence-corrected chi connectivity index (χ4v) is 2.06. The number of benzene rings is 2. The van der Waals surface area contributed by atoms with E-state index in [0.717, 1.165) is 17.7 Å². The number of alkyl carbamates (subject to hydrolysis) is 1. The minimum absolute atomic E-state index is 0.00421. The number of hydrogen-bond donors (Lipinski definition) is 2. The van der Waals surface area contributed by atoms with Crippen LogP contribution in [0, 0.1) is 11.6 Å². The number of carboxylic acids is 1. The minimum Gasteiger partial charge on any atom is -0.481 e. The second-order valence-corrected chi connectivity index (χ2v) is 5.03. The Balaban J connectivity index is 2.03. The van der Waals surface area contributed by atoms with Crippen LogP contribution in [-0.2, 0) is 16.1 Å². The van der Waals surface area contributed by atoms with Gasteiger partial charge in [0.15, 0.2) is 11.6 Å². The van der Waals surface area contributed by atoms with Crippen molar-refractivity contribution in [3.8, 4) is 0 Å². The van der Waals surface area contributed by atoms with Crippen LogP contribution in [0.25, 0.3) is 0 Å². The molecule has 0 spiro atoms. The lowest BCUT2D eigenvalue weighted by Gasteiger charge is -2.17. The van der Waals surface area contributed by atoms with Crippen LogP contribution in [0.2, 0.25) is 0 Å². The first kappa shape index (κ1) is 17.4. The lowest BCUT2D eigenvalue weighted by atomic mass is 10.0. The molecular formula is C17H15F2NO4. The minimum atomic E-state index is -1.20.